The number of methoxy groups -OCH3 is 1. The SMILES string of the molecule is COc1ccc(Cl)cc1NC(=O)C(C)OC(=O)c1ccc(-n2nc(C)cc2C)nc1. The first-order chi connectivity index (χ1) is 14.3. The van der Waals surface area contributed by atoms with E-state index in [1.165, 1.54) is 20.2 Å². The van der Waals surface area contributed by atoms with Crippen LogP contribution in [0, 0.1) is 13.8 Å². The van der Waals surface area contributed by atoms with Crippen LogP contribution in [-0.2, 0) is 9.53 Å². The molecule has 3 aromatic rings. The molecule has 0 aliphatic heterocycles. The number of ether oxygens (including phenoxy) is 2. The summed E-state index contributed by atoms with van der Waals surface area (Å²) in [7, 11) is 1.48. The predicted octanol–water partition coefficient (Wildman–Crippen LogP) is 3.73. The average molecular weight is 429 g/mol. The number of carbonyl (C=O) groups is 2. The van der Waals surface area contributed by atoms with Gasteiger partial charge in [-0.15, -0.1) is 0 Å². The Morgan fingerprint density at radius 1 is 1.17 bits per heavy atom. The molecule has 156 valence electrons. The number of pyridine rings is 1. The summed E-state index contributed by atoms with van der Waals surface area (Å²) in [6.07, 6.45) is 0.343. The highest BCUT2D eigenvalue weighted by molar-refractivity contribution is 6.31. The fraction of sp³-hybridized carbons (Fsp3) is 0.238. The van der Waals surface area contributed by atoms with Gasteiger partial charge in [-0.25, -0.2) is 14.5 Å². The number of halogens is 1. The van der Waals surface area contributed by atoms with Crippen LogP contribution in [0.2, 0.25) is 5.02 Å². The minimum absolute atomic E-state index is 0.222. The van der Waals surface area contributed by atoms with Crippen molar-refractivity contribution in [2.75, 3.05) is 12.4 Å². The van der Waals surface area contributed by atoms with Gasteiger partial charge in [-0.1, -0.05) is 11.6 Å². The van der Waals surface area contributed by atoms with Gasteiger partial charge in [0.15, 0.2) is 11.9 Å². The van der Waals surface area contributed by atoms with Crippen molar-refractivity contribution in [3.05, 3.63) is 64.6 Å². The summed E-state index contributed by atoms with van der Waals surface area (Å²) in [5.41, 5.74) is 2.40. The van der Waals surface area contributed by atoms with Gasteiger partial charge in [0, 0.05) is 16.9 Å². The Morgan fingerprint density at radius 2 is 1.93 bits per heavy atom. The van der Waals surface area contributed by atoms with Gasteiger partial charge >= 0.3 is 5.97 Å². The minimum Gasteiger partial charge on any atom is -0.495 e. The molecule has 8 nitrogen and oxygen atoms in total. The molecule has 2 heterocycles. The van der Waals surface area contributed by atoms with E-state index in [0.717, 1.165) is 11.4 Å². The smallest absolute Gasteiger partial charge is 0.340 e. The van der Waals surface area contributed by atoms with Crippen molar-refractivity contribution in [2.45, 2.75) is 26.9 Å². The topological polar surface area (TPSA) is 95.3 Å². The van der Waals surface area contributed by atoms with Crippen LogP contribution in [0.5, 0.6) is 5.75 Å². The lowest BCUT2D eigenvalue weighted by Crippen LogP contribution is -2.30. The van der Waals surface area contributed by atoms with E-state index < -0.39 is 18.0 Å². The first kappa shape index (κ1) is 21.3. The van der Waals surface area contributed by atoms with E-state index in [1.54, 1.807) is 35.0 Å². The molecule has 0 fully saturated rings. The zero-order chi connectivity index (χ0) is 21.8. The van der Waals surface area contributed by atoms with Crippen LogP contribution in [0.4, 0.5) is 5.69 Å². The number of hydrogen-bond acceptors (Lipinski definition) is 6. The van der Waals surface area contributed by atoms with Crippen molar-refractivity contribution in [3.63, 3.8) is 0 Å². The molecule has 1 N–H and O–H groups in total. The van der Waals surface area contributed by atoms with E-state index in [1.807, 2.05) is 19.9 Å². The van der Waals surface area contributed by atoms with E-state index in [2.05, 4.69) is 15.4 Å². The van der Waals surface area contributed by atoms with Gasteiger partial charge in [0.05, 0.1) is 24.1 Å². The fourth-order valence-electron chi connectivity index (χ4n) is 2.79. The summed E-state index contributed by atoms with van der Waals surface area (Å²) >= 11 is 5.96. The van der Waals surface area contributed by atoms with Gasteiger partial charge in [-0.3, -0.25) is 4.79 Å². The van der Waals surface area contributed by atoms with Gasteiger partial charge in [0.1, 0.15) is 5.75 Å². The third-order valence-electron chi connectivity index (χ3n) is 4.28. The van der Waals surface area contributed by atoms with E-state index >= 15 is 0 Å². The zero-order valence-corrected chi connectivity index (χ0v) is 17.7. The summed E-state index contributed by atoms with van der Waals surface area (Å²) in [4.78, 5) is 29.1. The summed E-state index contributed by atoms with van der Waals surface area (Å²) in [6.45, 7) is 5.28. The van der Waals surface area contributed by atoms with Crippen LogP contribution in [-0.4, -0.2) is 39.9 Å². The normalized spacial score (nSPS) is 11.6. The third kappa shape index (κ3) is 4.77. The van der Waals surface area contributed by atoms with Crippen molar-refractivity contribution >= 4 is 29.2 Å². The number of nitrogens with one attached hydrogen (secondary N) is 1. The summed E-state index contributed by atoms with van der Waals surface area (Å²) < 4.78 is 12.1. The number of rotatable bonds is 6. The molecule has 1 amide bonds. The predicted molar refractivity (Wildman–Crippen MR) is 112 cm³/mol. The lowest BCUT2D eigenvalue weighted by Gasteiger charge is -2.15. The number of nitrogens with zero attached hydrogens (tertiary/aromatic N) is 3. The summed E-state index contributed by atoms with van der Waals surface area (Å²) in [5, 5.41) is 7.43. The van der Waals surface area contributed by atoms with E-state index in [-0.39, 0.29) is 5.56 Å². The number of hydrogen-bond donors (Lipinski definition) is 1. The Morgan fingerprint density at radius 3 is 2.53 bits per heavy atom. The fourth-order valence-corrected chi connectivity index (χ4v) is 2.96. The Kier molecular flexibility index (Phi) is 6.37. The molecule has 1 aromatic carbocycles. The van der Waals surface area contributed by atoms with E-state index in [0.29, 0.717) is 22.3 Å². The van der Waals surface area contributed by atoms with E-state index in [9.17, 15) is 9.59 Å². The number of aryl methyl sites for hydroxylation is 2. The second-order valence-corrected chi connectivity index (χ2v) is 7.06. The molecule has 0 saturated heterocycles. The second kappa shape index (κ2) is 8.96. The molecule has 2 aromatic heterocycles. The van der Waals surface area contributed by atoms with Crippen LogP contribution >= 0.6 is 11.6 Å². The number of amides is 1. The molecule has 3 rings (SSSR count). The molecule has 9 heteroatoms. The number of aromatic nitrogens is 3. The number of carbonyl (C=O) groups excluding carboxylic acids is 2. The Balaban J connectivity index is 1.66. The highest BCUT2D eigenvalue weighted by atomic mass is 35.5. The number of esters is 1. The Labute approximate surface area is 178 Å². The van der Waals surface area contributed by atoms with E-state index in [4.69, 9.17) is 21.1 Å². The molecule has 1 atom stereocenters. The average Bonchev–Trinajstić information content (AvgIpc) is 3.06. The molecule has 0 spiro atoms. The lowest BCUT2D eigenvalue weighted by atomic mass is 10.2. The minimum atomic E-state index is -1.04. The number of benzene rings is 1. The van der Waals surface area contributed by atoms with Crippen LogP contribution in [0.15, 0.2) is 42.6 Å². The molecule has 0 radical (unpaired) electrons. The van der Waals surface area contributed by atoms with Gasteiger partial charge in [0.2, 0.25) is 0 Å². The quantitative estimate of drug-likeness (QED) is 0.601. The number of anilines is 1. The largest absolute Gasteiger partial charge is 0.495 e. The maximum Gasteiger partial charge on any atom is 0.340 e. The Hall–Kier alpha value is -3.39. The standard InChI is InChI=1S/C21H21ClN4O4/c1-12-9-13(2)26(25-12)19-8-5-15(11-23-19)21(28)30-14(3)20(27)24-17-10-16(22)6-7-18(17)29-4/h5-11,14H,1-4H3,(H,24,27). The molecule has 0 bridgehead atoms. The van der Waals surface area contributed by atoms with Crippen LogP contribution in [0.25, 0.3) is 5.82 Å². The molecule has 0 saturated carbocycles. The zero-order valence-electron chi connectivity index (χ0n) is 17.0. The maximum absolute atomic E-state index is 12.4. The summed E-state index contributed by atoms with van der Waals surface area (Å²) in [6, 6.07) is 9.99. The van der Waals surface area contributed by atoms with Crippen molar-refractivity contribution in [2.24, 2.45) is 0 Å². The molecule has 0 aliphatic rings. The third-order valence-corrected chi connectivity index (χ3v) is 4.52. The first-order valence-electron chi connectivity index (χ1n) is 9.13. The van der Waals surface area contributed by atoms with Crippen LogP contribution in [0.3, 0.4) is 0 Å². The lowest BCUT2D eigenvalue weighted by molar-refractivity contribution is -0.123. The van der Waals surface area contributed by atoms with Gasteiger partial charge in [-0.2, -0.15) is 5.10 Å². The molecular formula is C21H21ClN4O4. The van der Waals surface area contributed by atoms with Crippen molar-refractivity contribution in [1.29, 1.82) is 0 Å². The Bertz CT molecular complexity index is 1080. The molecule has 0 aliphatic carbocycles. The monoisotopic (exact) mass is 428 g/mol. The first-order valence-corrected chi connectivity index (χ1v) is 9.51. The molecule has 1 unspecified atom stereocenters. The highest BCUT2D eigenvalue weighted by Crippen LogP contribution is 2.27. The summed E-state index contributed by atoms with van der Waals surface area (Å²) in [5.74, 6) is -0.162. The van der Waals surface area contributed by atoms with Crippen LogP contribution < -0.4 is 10.1 Å². The van der Waals surface area contributed by atoms with Crippen molar-refractivity contribution in [3.8, 4) is 11.6 Å². The van der Waals surface area contributed by atoms with Crippen molar-refractivity contribution < 1.29 is 19.1 Å². The second-order valence-electron chi connectivity index (χ2n) is 6.63. The van der Waals surface area contributed by atoms with Gasteiger partial charge in [-0.05, 0) is 57.2 Å². The highest BCUT2D eigenvalue weighted by Gasteiger charge is 2.21. The van der Waals surface area contributed by atoms with Crippen LogP contribution in [0.1, 0.15) is 28.7 Å². The van der Waals surface area contributed by atoms with Gasteiger partial charge < -0.3 is 14.8 Å². The van der Waals surface area contributed by atoms with Gasteiger partial charge in [0.25, 0.3) is 5.91 Å². The van der Waals surface area contributed by atoms with Crippen molar-refractivity contribution in [1.82, 2.24) is 14.8 Å². The maximum atomic E-state index is 12.4. The molecular weight excluding hydrogens is 408 g/mol. The molecule has 30 heavy (non-hydrogen) atoms.